The summed E-state index contributed by atoms with van der Waals surface area (Å²) in [6, 6.07) is 59.4. The highest BCUT2D eigenvalue weighted by Gasteiger charge is 2.62. The van der Waals surface area contributed by atoms with Crippen molar-refractivity contribution < 1.29 is 0 Å². The van der Waals surface area contributed by atoms with Crippen LogP contribution < -0.4 is 0 Å². The summed E-state index contributed by atoms with van der Waals surface area (Å²) in [4.78, 5) is 15.8. The number of hydrogen-bond acceptors (Lipinski definition) is 3. The zero-order valence-electron chi connectivity index (χ0n) is 31.3. The first-order chi connectivity index (χ1) is 27.7. The Kier molecular flexibility index (Phi) is 7.11. The van der Waals surface area contributed by atoms with E-state index in [-0.39, 0.29) is 5.41 Å². The fourth-order valence-corrected chi connectivity index (χ4v) is 11.8. The zero-order chi connectivity index (χ0) is 36.8. The molecule has 0 amide bonds. The van der Waals surface area contributed by atoms with E-state index in [0.717, 1.165) is 39.7 Å². The Morgan fingerprint density at radius 2 is 0.875 bits per heavy atom. The third kappa shape index (κ3) is 4.86. The first-order valence-corrected chi connectivity index (χ1v) is 20.4. The van der Waals surface area contributed by atoms with Crippen molar-refractivity contribution in [2.45, 2.75) is 37.5 Å². The van der Waals surface area contributed by atoms with Gasteiger partial charge in [0.15, 0.2) is 17.5 Å². The average molecular weight is 720 g/mol. The molecule has 1 aromatic heterocycles. The SMILES string of the molecule is c1ccc(-c2cccc(-c3nc(-c4cccc(-c5ccccc5)c4)nc(-c4ccc5c(c4)-c4ccc6ccccc6c4C54C5CC6CC(C5)CC4C6)n3)c2)cc1. The Labute approximate surface area is 328 Å². The Morgan fingerprint density at radius 1 is 0.375 bits per heavy atom. The van der Waals surface area contributed by atoms with Gasteiger partial charge >= 0.3 is 0 Å². The molecule has 0 unspecified atom stereocenters. The van der Waals surface area contributed by atoms with Gasteiger partial charge in [-0.2, -0.15) is 0 Å². The second-order valence-corrected chi connectivity index (χ2v) is 16.8. The molecular formula is C53H41N3. The van der Waals surface area contributed by atoms with E-state index in [9.17, 15) is 0 Å². The first kappa shape index (κ1) is 32.1. The maximum atomic E-state index is 5.30. The van der Waals surface area contributed by atoms with E-state index in [2.05, 4.69) is 164 Å². The number of hydrogen-bond donors (Lipinski definition) is 0. The van der Waals surface area contributed by atoms with Crippen molar-refractivity contribution in [2.24, 2.45) is 23.7 Å². The Morgan fingerprint density at radius 3 is 1.46 bits per heavy atom. The Hall–Kier alpha value is -6.19. The molecule has 13 rings (SSSR count). The lowest BCUT2D eigenvalue weighted by Crippen LogP contribution is -2.55. The van der Waals surface area contributed by atoms with Crippen LogP contribution in [0.25, 0.3) is 78.3 Å². The van der Waals surface area contributed by atoms with Crippen molar-refractivity contribution in [2.75, 3.05) is 0 Å². The van der Waals surface area contributed by atoms with E-state index in [1.165, 1.54) is 65.1 Å². The number of nitrogens with zero attached hydrogens (tertiary/aromatic N) is 3. The van der Waals surface area contributed by atoms with E-state index in [1.807, 2.05) is 0 Å². The van der Waals surface area contributed by atoms with Crippen molar-refractivity contribution in [1.29, 1.82) is 0 Å². The van der Waals surface area contributed by atoms with E-state index >= 15 is 0 Å². The largest absolute Gasteiger partial charge is 0.208 e. The molecule has 1 spiro atoms. The smallest absolute Gasteiger partial charge is 0.164 e. The second kappa shape index (κ2) is 12.4. The van der Waals surface area contributed by atoms with Crippen molar-refractivity contribution in [3.8, 4) is 67.5 Å². The predicted molar refractivity (Wildman–Crippen MR) is 228 cm³/mol. The van der Waals surface area contributed by atoms with Crippen LogP contribution in [-0.4, -0.2) is 15.0 Å². The minimum absolute atomic E-state index is 0.0721. The van der Waals surface area contributed by atoms with E-state index in [1.54, 1.807) is 11.1 Å². The van der Waals surface area contributed by atoms with E-state index < -0.39 is 0 Å². The quantitative estimate of drug-likeness (QED) is 0.178. The van der Waals surface area contributed by atoms with Gasteiger partial charge in [0.1, 0.15) is 0 Å². The number of aromatic nitrogens is 3. The van der Waals surface area contributed by atoms with Crippen molar-refractivity contribution in [3.05, 3.63) is 175 Å². The summed E-state index contributed by atoms with van der Waals surface area (Å²) in [7, 11) is 0. The number of benzene rings is 7. The molecule has 268 valence electrons. The Balaban J connectivity index is 1.05. The summed E-state index contributed by atoms with van der Waals surface area (Å²) in [6.07, 6.45) is 6.90. The van der Waals surface area contributed by atoms with Crippen LogP contribution in [0.1, 0.15) is 43.2 Å². The fourth-order valence-electron chi connectivity index (χ4n) is 11.8. The molecule has 3 heteroatoms. The van der Waals surface area contributed by atoms with Gasteiger partial charge in [0.25, 0.3) is 0 Å². The number of rotatable bonds is 5. The first-order valence-electron chi connectivity index (χ1n) is 20.4. The van der Waals surface area contributed by atoms with Crippen LogP contribution in [0.3, 0.4) is 0 Å². The molecule has 56 heavy (non-hydrogen) atoms. The monoisotopic (exact) mass is 719 g/mol. The van der Waals surface area contributed by atoms with E-state index in [0.29, 0.717) is 29.3 Å². The van der Waals surface area contributed by atoms with Gasteiger partial charge in [-0.25, -0.2) is 15.0 Å². The lowest BCUT2D eigenvalue weighted by Gasteiger charge is -2.61. The van der Waals surface area contributed by atoms with Crippen molar-refractivity contribution >= 4 is 10.8 Å². The highest BCUT2D eigenvalue weighted by atomic mass is 15.0. The van der Waals surface area contributed by atoms with Gasteiger partial charge in [-0.1, -0.05) is 146 Å². The van der Waals surface area contributed by atoms with Gasteiger partial charge in [-0.05, 0) is 129 Å². The standard InChI is InChI=1S/C53H41N3/c1-3-11-35(12-4-1)38-16-9-18-40(30-38)50-54-51(41-19-10-17-39(31-41)36-13-5-2-6-14-36)56-52(55-50)42-22-24-48-47(32-42)46-23-21-37-15-7-8-20-45(37)49(46)53(48)43-26-33-25-34(28-43)29-44(53)27-33/h1-24,30-34,43-44H,25-29H2. The summed E-state index contributed by atoms with van der Waals surface area (Å²) in [5.41, 5.74) is 13.6. The molecule has 3 nitrogen and oxygen atoms in total. The van der Waals surface area contributed by atoms with Crippen LogP contribution in [0.2, 0.25) is 0 Å². The van der Waals surface area contributed by atoms with Crippen LogP contribution in [0.15, 0.2) is 164 Å². The minimum atomic E-state index is 0.0721. The van der Waals surface area contributed by atoms with Gasteiger partial charge in [-0.15, -0.1) is 0 Å². The topological polar surface area (TPSA) is 38.7 Å². The van der Waals surface area contributed by atoms with Crippen LogP contribution in [0, 0.1) is 23.7 Å². The van der Waals surface area contributed by atoms with Crippen molar-refractivity contribution in [1.82, 2.24) is 15.0 Å². The van der Waals surface area contributed by atoms with Gasteiger partial charge in [0, 0.05) is 22.1 Å². The molecule has 0 atom stereocenters. The predicted octanol–water partition coefficient (Wildman–Crippen LogP) is 13.1. The molecule has 5 aliphatic rings. The maximum absolute atomic E-state index is 5.30. The molecule has 5 aliphatic carbocycles. The third-order valence-electron chi connectivity index (χ3n) is 13.9. The van der Waals surface area contributed by atoms with Crippen molar-refractivity contribution in [3.63, 3.8) is 0 Å². The summed E-state index contributed by atoms with van der Waals surface area (Å²) in [6.45, 7) is 0. The molecule has 7 aromatic carbocycles. The van der Waals surface area contributed by atoms with Gasteiger partial charge in [0.2, 0.25) is 0 Å². The molecule has 4 fully saturated rings. The molecule has 4 bridgehead atoms. The molecule has 1 heterocycles. The summed E-state index contributed by atoms with van der Waals surface area (Å²) in [5.74, 6) is 5.24. The van der Waals surface area contributed by atoms with Gasteiger partial charge < -0.3 is 0 Å². The molecule has 8 aromatic rings. The average Bonchev–Trinajstić information content (AvgIpc) is 3.56. The van der Waals surface area contributed by atoms with Crippen LogP contribution in [-0.2, 0) is 5.41 Å². The number of fused-ring (bicyclic) bond motifs is 5. The van der Waals surface area contributed by atoms with Crippen LogP contribution >= 0.6 is 0 Å². The van der Waals surface area contributed by atoms with Gasteiger partial charge in [0.05, 0.1) is 0 Å². The molecule has 0 saturated heterocycles. The van der Waals surface area contributed by atoms with E-state index in [4.69, 9.17) is 15.0 Å². The third-order valence-corrected chi connectivity index (χ3v) is 13.9. The zero-order valence-corrected chi connectivity index (χ0v) is 31.3. The molecule has 0 radical (unpaired) electrons. The maximum Gasteiger partial charge on any atom is 0.164 e. The lowest BCUT2D eigenvalue weighted by molar-refractivity contribution is -0.0393. The lowest BCUT2D eigenvalue weighted by atomic mass is 9.43. The highest BCUT2D eigenvalue weighted by Crippen LogP contribution is 2.70. The minimum Gasteiger partial charge on any atom is -0.208 e. The molecular weight excluding hydrogens is 679 g/mol. The second-order valence-electron chi connectivity index (χ2n) is 16.8. The summed E-state index contributed by atoms with van der Waals surface area (Å²) in [5, 5.41) is 2.80. The fraction of sp³-hybridized carbons (Fsp3) is 0.189. The van der Waals surface area contributed by atoms with Crippen LogP contribution in [0.5, 0.6) is 0 Å². The molecule has 0 N–H and O–H groups in total. The summed E-state index contributed by atoms with van der Waals surface area (Å²) < 4.78 is 0. The van der Waals surface area contributed by atoms with Crippen LogP contribution in [0.4, 0.5) is 0 Å². The molecule has 4 saturated carbocycles. The molecule has 0 aliphatic heterocycles. The van der Waals surface area contributed by atoms with Gasteiger partial charge in [-0.3, -0.25) is 0 Å². The highest BCUT2D eigenvalue weighted by molar-refractivity contribution is 5.98. The normalized spacial score (nSPS) is 22.7. The summed E-state index contributed by atoms with van der Waals surface area (Å²) >= 11 is 0. The Bertz CT molecular complexity index is 2690.